The summed E-state index contributed by atoms with van der Waals surface area (Å²) in [5, 5.41) is 12.7. The van der Waals surface area contributed by atoms with E-state index in [1.807, 2.05) is 0 Å². The Balaban J connectivity index is 0.803. The van der Waals surface area contributed by atoms with Crippen molar-refractivity contribution in [2.75, 3.05) is 0 Å². The Hall–Kier alpha value is -0.160. The number of hydrogen-bond acceptors (Lipinski definition) is 4. The second kappa shape index (κ2) is 15.8. The molecular formula is C47H79N3O. The molecule has 0 radical (unpaired) electrons. The summed E-state index contributed by atoms with van der Waals surface area (Å²) in [5.41, 5.74) is 0. The molecule has 8 saturated carbocycles. The van der Waals surface area contributed by atoms with Crippen LogP contribution in [-0.2, 0) is 4.74 Å². The van der Waals surface area contributed by atoms with Gasteiger partial charge in [0.15, 0.2) is 0 Å². The van der Waals surface area contributed by atoms with Crippen molar-refractivity contribution < 1.29 is 4.74 Å². The standard InChI is InChI=1S/C47H79N3O/c1-3-13-33(14-4-1)45-48-46(34-15-5-2-6-16-34)50-47(49-45)35-26-27-40-42(28-35)51-43-29-41(38-19-9-10-20-39(38)44(40)43)32-24-22-31(23-25-32)37-21-11-17-30-12-7-8-18-36(30)37/h30-50H,1-29H2. The monoisotopic (exact) mass is 702 g/mol. The summed E-state index contributed by atoms with van der Waals surface area (Å²) >= 11 is 0. The van der Waals surface area contributed by atoms with Crippen molar-refractivity contribution in [1.29, 1.82) is 0 Å². The zero-order valence-corrected chi connectivity index (χ0v) is 32.8. The Kier molecular flexibility index (Phi) is 10.9. The van der Waals surface area contributed by atoms with Gasteiger partial charge in [0.25, 0.3) is 0 Å². The lowest BCUT2D eigenvalue weighted by Crippen LogP contribution is -2.72. The Morgan fingerprint density at radius 2 is 0.725 bits per heavy atom. The Bertz CT molecular complexity index is 1100. The second-order valence-electron chi connectivity index (χ2n) is 21.2. The normalized spacial score (nSPS) is 51.5. The predicted octanol–water partition coefficient (Wildman–Crippen LogP) is 10.9. The molecule has 0 amide bonds. The first kappa shape index (κ1) is 35.3. The van der Waals surface area contributed by atoms with Gasteiger partial charge in [-0.2, -0.15) is 0 Å². The lowest BCUT2D eigenvalue weighted by Gasteiger charge is -2.53. The minimum Gasteiger partial charge on any atom is -0.374 e. The maximum Gasteiger partial charge on any atom is 0.0625 e. The Labute approximate surface area is 313 Å². The van der Waals surface area contributed by atoms with Gasteiger partial charge >= 0.3 is 0 Å². The first-order chi connectivity index (χ1) is 25.3. The van der Waals surface area contributed by atoms with Gasteiger partial charge in [-0.15, -0.1) is 0 Å². The molecule has 13 atom stereocenters. The van der Waals surface area contributed by atoms with Crippen LogP contribution in [0.3, 0.4) is 0 Å². The highest BCUT2D eigenvalue weighted by Gasteiger charge is 2.58. The van der Waals surface area contributed by atoms with Crippen molar-refractivity contribution in [1.82, 2.24) is 16.0 Å². The van der Waals surface area contributed by atoms with Crippen molar-refractivity contribution in [2.24, 2.45) is 76.9 Å². The molecule has 288 valence electrons. The van der Waals surface area contributed by atoms with Crippen molar-refractivity contribution in [2.45, 2.75) is 217 Å². The van der Waals surface area contributed by atoms with Crippen LogP contribution in [0.4, 0.5) is 0 Å². The van der Waals surface area contributed by atoms with Crippen molar-refractivity contribution in [3.63, 3.8) is 0 Å². The van der Waals surface area contributed by atoms with Gasteiger partial charge in [0.05, 0.1) is 30.7 Å². The third kappa shape index (κ3) is 7.09. The van der Waals surface area contributed by atoms with Gasteiger partial charge in [-0.25, -0.2) is 0 Å². The first-order valence-corrected chi connectivity index (χ1v) is 24.2. The maximum absolute atomic E-state index is 7.45. The van der Waals surface area contributed by atoms with Crippen molar-refractivity contribution >= 4 is 0 Å². The number of ether oxygens (including phenoxy) is 1. The molecule has 2 aliphatic heterocycles. The average Bonchev–Trinajstić information content (AvgIpc) is 3.59. The van der Waals surface area contributed by atoms with Crippen LogP contribution >= 0.6 is 0 Å². The molecule has 10 aliphatic rings. The fourth-order valence-electron chi connectivity index (χ4n) is 16.7. The fraction of sp³-hybridized carbons (Fsp3) is 1.00. The molecule has 0 aromatic heterocycles. The summed E-state index contributed by atoms with van der Waals surface area (Å²) in [6.45, 7) is 0. The molecule has 51 heavy (non-hydrogen) atoms. The molecule has 13 unspecified atom stereocenters. The van der Waals surface area contributed by atoms with E-state index in [-0.39, 0.29) is 0 Å². The van der Waals surface area contributed by atoms with Crippen LogP contribution in [0.5, 0.6) is 0 Å². The van der Waals surface area contributed by atoms with Gasteiger partial charge in [-0.3, -0.25) is 16.0 Å². The summed E-state index contributed by atoms with van der Waals surface area (Å²) in [6, 6.07) is 0. The van der Waals surface area contributed by atoms with Gasteiger partial charge in [-0.05, 0) is 180 Å². The quantitative estimate of drug-likeness (QED) is 0.267. The lowest BCUT2D eigenvalue weighted by atomic mass is 9.52. The molecule has 0 aromatic carbocycles. The molecule has 3 N–H and O–H groups in total. The highest BCUT2D eigenvalue weighted by molar-refractivity contribution is 5.07. The van der Waals surface area contributed by atoms with Gasteiger partial charge in [0, 0.05) is 0 Å². The van der Waals surface area contributed by atoms with E-state index in [2.05, 4.69) is 16.0 Å². The summed E-state index contributed by atoms with van der Waals surface area (Å²) in [6.07, 6.45) is 45.9. The molecule has 4 nitrogen and oxygen atoms in total. The minimum atomic E-state index is 0.468. The van der Waals surface area contributed by atoms with Crippen molar-refractivity contribution in [3.8, 4) is 0 Å². The summed E-state index contributed by atoms with van der Waals surface area (Å²) in [7, 11) is 0. The molecule has 10 fully saturated rings. The molecule has 2 saturated heterocycles. The smallest absolute Gasteiger partial charge is 0.0625 e. The van der Waals surface area contributed by atoms with Crippen LogP contribution in [-0.4, -0.2) is 30.7 Å². The molecule has 0 bridgehead atoms. The number of hydrogen-bond donors (Lipinski definition) is 3. The Morgan fingerprint density at radius 3 is 1.39 bits per heavy atom. The SMILES string of the molecule is C1CCC(C2NC(C3CCCCC3)NC(C3CCC4C(C3)OC3CC(C5CCC(C6CCCC7CCCCC76)CC5)C5CCCCC5C34)N2)CC1. The van der Waals surface area contributed by atoms with Gasteiger partial charge < -0.3 is 4.74 Å². The van der Waals surface area contributed by atoms with Crippen molar-refractivity contribution in [3.05, 3.63) is 0 Å². The van der Waals surface area contributed by atoms with E-state index in [1.165, 1.54) is 122 Å². The zero-order chi connectivity index (χ0) is 33.7. The topological polar surface area (TPSA) is 45.3 Å². The third-order valence-corrected chi connectivity index (χ3v) is 19.0. The number of nitrogens with one attached hydrogen (secondary N) is 3. The first-order valence-electron chi connectivity index (χ1n) is 24.2. The van der Waals surface area contributed by atoms with E-state index in [0.717, 1.165) is 76.9 Å². The largest absolute Gasteiger partial charge is 0.374 e. The van der Waals surface area contributed by atoms with E-state index in [0.29, 0.717) is 30.7 Å². The van der Waals surface area contributed by atoms with Gasteiger partial charge in [-0.1, -0.05) is 83.5 Å². The van der Waals surface area contributed by atoms with Crippen LogP contribution < -0.4 is 16.0 Å². The minimum absolute atomic E-state index is 0.468. The Morgan fingerprint density at radius 1 is 0.275 bits per heavy atom. The predicted molar refractivity (Wildman–Crippen MR) is 209 cm³/mol. The molecule has 0 aromatic rings. The maximum atomic E-state index is 7.45. The van der Waals surface area contributed by atoms with E-state index in [1.54, 1.807) is 64.2 Å². The van der Waals surface area contributed by atoms with Gasteiger partial charge in [0.2, 0.25) is 0 Å². The lowest BCUT2D eigenvalue weighted by molar-refractivity contribution is -0.0729. The summed E-state index contributed by atoms with van der Waals surface area (Å²) in [5.74, 6) is 12.5. The molecular weight excluding hydrogens is 623 g/mol. The zero-order valence-electron chi connectivity index (χ0n) is 32.8. The van der Waals surface area contributed by atoms with E-state index < -0.39 is 0 Å². The van der Waals surface area contributed by atoms with Crippen LogP contribution in [0.25, 0.3) is 0 Å². The van der Waals surface area contributed by atoms with Gasteiger partial charge in [0.1, 0.15) is 0 Å². The number of rotatable bonds is 5. The molecule has 4 heteroatoms. The van der Waals surface area contributed by atoms with E-state index in [9.17, 15) is 0 Å². The van der Waals surface area contributed by atoms with Crippen LogP contribution in [0.2, 0.25) is 0 Å². The highest BCUT2D eigenvalue weighted by atomic mass is 16.5. The van der Waals surface area contributed by atoms with Crippen LogP contribution in [0.1, 0.15) is 186 Å². The fourth-order valence-corrected chi connectivity index (χ4v) is 16.7. The summed E-state index contributed by atoms with van der Waals surface area (Å²) in [4.78, 5) is 0. The highest BCUT2D eigenvalue weighted by Crippen LogP contribution is 2.60. The molecule has 2 heterocycles. The van der Waals surface area contributed by atoms with Crippen LogP contribution in [0, 0.1) is 76.9 Å². The van der Waals surface area contributed by atoms with E-state index in [4.69, 9.17) is 4.74 Å². The number of fused-ring (bicyclic) bond motifs is 6. The van der Waals surface area contributed by atoms with Crippen LogP contribution in [0.15, 0.2) is 0 Å². The van der Waals surface area contributed by atoms with E-state index >= 15 is 0 Å². The second-order valence-corrected chi connectivity index (χ2v) is 21.2. The summed E-state index contributed by atoms with van der Waals surface area (Å²) < 4.78 is 7.45. The third-order valence-electron chi connectivity index (χ3n) is 19.0. The average molecular weight is 702 g/mol. The molecule has 10 rings (SSSR count). The molecule has 8 aliphatic carbocycles. The molecule has 0 spiro atoms.